The molecular formula is C12H17BrIN3O. The van der Waals surface area contributed by atoms with Crippen molar-refractivity contribution < 1.29 is 4.74 Å². The SMILES string of the molecule is I.NC(=NCc1ccc(Br)cc1)N1CCOCC1. The first-order valence-corrected chi connectivity index (χ1v) is 6.42. The van der Waals surface area contributed by atoms with Crippen LogP contribution in [0.5, 0.6) is 0 Å². The van der Waals surface area contributed by atoms with Gasteiger partial charge in [-0.15, -0.1) is 24.0 Å². The Labute approximate surface area is 133 Å². The first-order valence-electron chi connectivity index (χ1n) is 5.63. The van der Waals surface area contributed by atoms with Gasteiger partial charge in [0.1, 0.15) is 0 Å². The lowest BCUT2D eigenvalue weighted by Crippen LogP contribution is -2.44. The second-order valence-electron chi connectivity index (χ2n) is 3.90. The zero-order valence-electron chi connectivity index (χ0n) is 10.0. The molecule has 2 N–H and O–H groups in total. The second kappa shape index (κ2) is 7.96. The molecule has 1 heterocycles. The van der Waals surface area contributed by atoms with Crippen molar-refractivity contribution in [3.8, 4) is 0 Å². The Morgan fingerprint density at radius 3 is 2.50 bits per heavy atom. The summed E-state index contributed by atoms with van der Waals surface area (Å²) in [7, 11) is 0. The summed E-state index contributed by atoms with van der Waals surface area (Å²) in [6.45, 7) is 3.74. The van der Waals surface area contributed by atoms with Crippen LogP contribution in [0.1, 0.15) is 5.56 Å². The molecule has 0 spiro atoms. The van der Waals surface area contributed by atoms with E-state index in [9.17, 15) is 0 Å². The van der Waals surface area contributed by atoms with E-state index in [0.29, 0.717) is 12.5 Å². The van der Waals surface area contributed by atoms with Crippen LogP contribution in [0.25, 0.3) is 0 Å². The molecule has 1 fully saturated rings. The number of ether oxygens (including phenoxy) is 1. The van der Waals surface area contributed by atoms with Crippen LogP contribution >= 0.6 is 39.9 Å². The number of nitrogens with zero attached hydrogens (tertiary/aromatic N) is 2. The highest BCUT2D eigenvalue weighted by Crippen LogP contribution is 2.11. The van der Waals surface area contributed by atoms with E-state index in [-0.39, 0.29) is 24.0 Å². The van der Waals surface area contributed by atoms with E-state index < -0.39 is 0 Å². The Hall–Kier alpha value is -0.340. The molecule has 0 atom stereocenters. The molecule has 1 aromatic rings. The van der Waals surface area contributed by atoms with Crippen LogP contribution < -0.4 is 5.73 Å². The summed E-state index contributed by atoms with van der Waals surface area (Å²) < 4.78 is 6.34. The third-order valence-corrected chi connectivity index (χ3v) is 3.20. The van der Waals surface area contributed by atoms with Crippen LogP contribution in [0.3, 0.4) is 0 Å². The number of halogens is 2. The number of hydrogen-bond acceptors (Lipinski definition) is 2. The highest BCUT2D eigenvalue weighted by molar-refractivity contribution is 14.0. The summed E-state index contributed by atoms with van der Waals surface area (Å²) in [5, 5.41) is 0. The lowest BCUT2D eigenvalue weighted by molar-refractivity contribution is 0.0674. The van der Waals surface area contributed by atoms with Gasteiger partial charge < -0.3 is 15.4 Å². The fourth-order valence-electron chi connectivity index (χ4n) is 1.65. The molecule has 0 amide bonds. The van der Waals surface area contributed by atoms with E-state index in [0.717, 1.165) is 36.3 Å². The molecule has 0 aliphatic carbocycles. The maximum absolute atomic E-state index is 5.94. The topological polar surface area (TPSA) is 50.8 Å². The molecule has 1 aromatic carbocycles. The molecule has 0 unspecified atom stereocenters. The summed E-state index contributed by atoms with van der Waals surface area (Å²) in [6.07, 6.45) is 0. The molecule has 2 rings (SSSR count). The van der Waals surface area contributed by atoms with Gasteiger partial charge in [-0.1, -0.05) is 28.1 Å². The van der Waals surface area contributed by atoms with E-state index in [1.165, 1.54) is 0 Å². The van der Waals surface area contributed by atoms with Gasteiger partial charge >= 0.3 is 0 Å². The van der Waals surface area contributed by atoms with Crippen molar-refractivity contribution in [2.75, 3.05) is 26.3 Å². The van der Waals surface area contributed by atoms with Crippen LogP contribution in [0.15, 0.2) is 33.7 Å². The van der Waals surface area contributed by atoms with Gasteiger partial charge in [-0.2, -0.15) is 0 Å². The number of guanidine groups is 1. The van der Waals surface area contributed by atoms with Crippen molar-refractivity contribution >= 4 is 45.9 Å². The van der Waals surface area contributed by atoms with Gasteiger partial charge in [0.15, 0.2) is 5.96 Å². The average Bonchev–Trinajstić information content (AvgIpc) is 2.39. The minimum atomic E-state index is 0. The number of morpholine rings is 1. The fraction of sp³-hybridized carbons (Fsp3) is 0.417. The third-order valence-electron chi connectivity index (χ3n) is 2.67. The molecule has 1 aliphatic heterocycles. The minimum absolute atomic E-state index is 0. The Morgan fingerprint density at radius 2 is 1.89 bits per heavy atom. The molecule has 1 saturated heterocycles. The Bertz CT molecular complexity index is 391. The zero-order valence-corrected chi connectivity index (χ0v) is 13.9. The van der Waals surface area contributed by atoms with Crippen molar-refractivity contribution in [2.24, 2.45) is 10.7 Å². The average molecular weight is 426 g/mol. The Morgan fingerprint density at radius 1 is 1.28 bits per heavy atom. The monoisotopic (exact) mass is 425 g/mol. The quantitative estimate of drug-likeness (QED) is 0.449. The summed E-state index contributed by atoms with van der Waals surface area (Å²) in [6, 6.07) is 8.10. The van der Waals surface area contributed by atoms with Gasteiger partial charge in [0, 0.05) is 17.6 Å². The zero-order chi connectivity index (χ0) is 12.1. The smallest absolute Gasteiger partial charge is 0.191 e. The highest BCUT2D eigenvalue weighted by Gasteiger charge is 2.11. The highest BCUT2D eigenvalue weighted by atomic mass is 127. The normalized spacial score (nSPS) is 16.3. The lowest BCUT2D eigenvalue weighted by Gasteiger charge is -2.27. The molecule has 0 aromatic heterocycles. The van der Waals surface area contributed by atoms with Crippen molar-refractivity contribution in [3.05, 3.63) is 34.3 Å². The first kappa shape index (κ1) is 15.7. The third kappa shape index (κ3) is 4.74. The van der Waals surface area contributed by atoms with Crippen LogP contribution in [0, 0.1) is 0 Å². The summed E-state index contributed by atoms with van der Waals surface area (Å²) in [5.41, 5.74) is 7.09. The molecule has 18 heavy (non-hydrogen) atoms. The van der Waals surface area contributed by atoms with Crippen molar-refractivity contribution in [3.63, 3.8) is 0 Å². The number of nitrogens with two attached hydrogens (primary N) is 1. The molecule has 100 valence electrons. The van der Waals surface area contributed by atoms with Gasteiger partial charge in [0.25, 0.3) is 0 Å². The van der Waals surface area contributed by atoms with Gasteiger partial charge in [-0.25, -0.2) is 4.99 Å². The number of aliphatic imine (C=N–C) groups is 1. The van der Waals surface area contributed by atoms with Crippen molar-refractivity contribution in [2.45, 2.75) is 6.54 Å². The molecule has 0 saturated carbocycles. The maximum Gasteiger partial charge on any atom is 0.191 e. The Kier molecular flexibility index (Phi) is 6.95. The predicted octanol–water partition coefficient (Wildman–Crippen LogP) is 2.21. The second-order valence-corrected chi connectivity index (χ2v) is 4.82. The van der Waals surface area contributed by atoms with Crippen molar-refractivity contribution in [1.29, 1.82) is 0 Å². The van der Waals surface area contributed by atoms with Gasteiger partial charge in [0.2, 0.25) is 0 Å². The summed E-state index contributed by atoms with van der Waals surface area (Å²) in [5.74, 6) is 0.608. The molecule has 4 nitrogen and oxygen atoms in total. The molecule has 0 bridgehead atoms. The van der Waals surface area contributed by atoms with Crippen LogP contribution in [-0.4, -0.2) is 37.2 Å². The number of benzene rings is 1. The lowest BCUT2D eigenvalue weighted by atomic mass is 10.2. The van der Waals surface area contributed by atoms with E-state index in [2.05, 4.69) is 25.8 Å². The number of hydrogen-bond donors (Lipinski definition) is 1. The van der Waals surface area contributed by atoms with Gasteiger partial charge in [-0.05, 0) is 17.7 Å². The molecule has 6 heteroatoms. The Balaban J connectivity index is 0.00000162. The molecular weight excluding hydrogens is 409 g/mol. The predicted molar refractivity (Wildman–Crippen MR) is 87.3 cm³/mol. The van der Waals surface area contributed by atoms with Gasteiger partial charge in [0.05, 0.1) is 19.8 Å². The standard InChI is InChI=1S/C12H16BrN3O.HI/c13-11-3-1-10(2-4-11)9-15-12(14)16-5-7-17-8-6-16;/h1-4H,5-9H2,(H2,14,15);1H. The van der Waals surface area contributed by atoms with E-state index in [4.69, 9.17) is 10.5 Å². The van der Waals surface area contributed by atoms with Crippen LogP contribution in [0.4, 0.5) is 0 Å². The van der Waals surface area contributed by atoms with E-state index >= 15 is 0 Å². The van der Waals surface area contributed by atoms with Gasteiger partial charge in [-0.3, -0.25) is 0 Å². The fourth-order valence-corrected chi connectivity index (χ4v) is 1.92. The van der Waals surface area contributed by atoms with E-state index in [1.807, 2.05) is 24.3 Å². The summed E-state index contributed by atoms with van der Waals surface area (Å²) in [4.78, 5) is 6.46. The molecule has 1 aliphatic rings. The van der Waals surface area contributed by atoms with E-state index in [1.54, 1.807) is 0 Å². The largest absolute Gasteiger partial charge is 0.378 e. The molecule has 0 radical (unpaired) electrons. The summed E-state index contributed by atoms with van der Waals surface area (Å²) >= 11 is 3.41. The minimum Gasteiger partial charge on any atom is -0.378 e. The van der Waals surface area contributed by atoms with Crippen LogP contribution in [0.2, 0.25) is 0 Å². The van der Waals surface area contributed by atoms with Crippen molar-refractivity contribution in [1.82, 2.24) is 4.90 Å². The number of rotatable bonds is 2. The first-order chi connectivity index (χ1) is 8.25. The van der Waals surface area contributed by atoms with Crippen LogP contribution in [-0.2, 0) is 11.3 Å². The maximum atomic E-state index is 5.94.